The Kier molecular flexibility index (Phi) is 8.99. The van der Waals surface area contributed by atoms with Crippen LogP contribution in [-0.2, 0) is 16.1 Å². The van der Waals surface area contributed by atoms with Crippen LogP contribution in [0.4, 0.5) is 5.69 Å². The SMILES string of the molecule is C[C@@H]1[C@H](CN2CCC(n3c(=O)[nH]c4ccccc43)CC2)O[C@H](c2cccc(NC(=O)c3cccnc3)c2)O[C@@H]1c1ccc(CO)cc1. The minimum absolute atomic E-state index is 0.0199. The van der Waals surface area contributed by atoms with Gasteiger partial charge in [0.1, 0.15) is 0 Å². The molecule has 3 N–H and O–H groups in total. The molecule has 3 aromatic carbocycles. The van der Waals surface area contributed by atoms with Crippen LogP contribution in [0.15, 0.2) is 102 Å². The van der Waals surface area contributed by atoms with Gasteiger partial charge in [0, 0.05) is 55.2 Å². The van der Waals surface area contributed by atoms with Crippen molar-refractivity contribution in [2.24, 2.45) is 5.92 Å². The van der Waals surface area contributed by atoms with Crippen molar-refractivity contribution in [3.05, 3.63) is 130 Å². The van der Waals surface area contributed by atoms with E-state index in [0.29, 0.717) is 11.3 Å². The molecule has 0 saturated carbocycles. The first-order chi connectivity index (χ1) is 23.0. The van der Waals surface area contributed by atoms with Gasteiger partial charge in [0.05, 0.1) is 35.4 Å². The standard InChI is InChI=1S/C37H39N5O5/c1-24-33(22-41-18-15-30(16-19-41)42-32-10-3-2-9-31(32)40-37(42)45)46-36(47-34(24)26-13-11-25(23-43)12-14-26)27-6-4-8-29(20-27)39-35(44)28-7-5-17-38-21-28/h2-14,17,20-21,24,30,33-34,36,43H,15-16,18-19,22-23H2,1H3,(H,39,44)(H,40,45)/t24-,33+,34+,36+/m1/s1. The molecule has 242 valence electrons. The van der Waals surface area contributed by atoms with E-state index in [9.17, 15) is 14.7 Å². The molecular weight excluding hydrogens is 594 g/mol. The summed E-state index contributed by atoms with van der Waals surface area (Å²) in [7, 11) is 0. The summed E-state index contributed by atoms with van der Waals surface area (Å²) in [5, 5.41) is 12.6. The molecule has 47 heavy (non-hydrogen) atoms. The fourth-order valence-electron chi connectivity index (χ4n) is 6.84. The minimum atomic E-state index is -0.656. The van der Waals surface area contributed by atoms with Gasteiger partial charge in [-0.1, -0.05) is 55.5 Å². The van der Waals surface area contributed by atoms with Crippen molar-refractivity contribution in [2.75, 3.05) is 25.0 Å². The van der Waals surface area contributed by atoms with Crippen LogP contribution in [0.25, 0.3) is 11.0 Å². The van der Waals surface area contributed by atoms with E-state index in [1.807, 2.05) is 77.4 Å². The van der Waals surface area contributed by atoms with Crippen LogP contribution in [0.2, 0.25) is 0 Å². The third kappa shape index (κ3) is 6.63. The van der Waals surface area contributed by atoms with E-state index >= 15 is 0 Å². The van der Waals surface area contributed by atoms with E-state index < -0.39 is 6.29 Å². The number of carbonyl (C=O) groups excluding carboxylic acids is 1. The van der Waals surface area contributed by atoms with Crippen molar-refractivity contribution < 1.29 is 19.4 Å². The van der Waals surface area contributed by atoms with E-state index in [1.54, 1.807) is 18.3 Å². The van der Waals surface area contributed by atoms with Crippen molar-refractivity contribution in [1.82, 2.24) is 19.4 Å². The predicted molar refractivity (Wildman–Crippen MR) is 179 cm³/mol. The number of hydrogen-bond acceptors (Lipinski definition) is 7. The lowest BCUT2D eigenvalue weighted by Crippen LogP contribution is -2.47. The Hall–Kier alpha value is -4.61. The zero-order valence-electron chi connectivity index (χ0n) is 26.3. The number of H-pyrrole nitrogens is 1. The average Bonchev–Trinajstić information content (AvgIpc) is 3.45. The Labute approximate surface area is 273 Å². The molecule has 0 radical (unpaired) electrons. The Balaban J connectivity index is 1.09. The number of aliphatic hydroxyl groups excluding tert-OH is 1. The number of nitrogens with zero attached hydrogens (tertiary/aromatic N) is 3. The summed E-state index contributed by atoms with van der Waals surface area (Å²) in [5.41, 5.74) is 5.55. The molecule has 2 fully saturated rings. The second kappa shape index (κ2) is 13.6. The zero-order valence-corrected chi connectivity index (χ0v) is 26.3. The lowest BCUT2D eigenvalue weighted by molar-refractivity contribution is -0.276. The van der Waals surface area contributed by atoms with E-state index in [2.05, 4.69) is 27.1 Å². The number of fused-ring (bicyclic) bond motifs is 1. The van der Waals surface area contributed by atoms with Crippen LogP contribution in [-0.4, -0.2) is 56.2 Å². The Morgan fingerprint density at radius 2 is 1.79 bits per heavy atom. The first-order valence-corrected chi connectivity index (χ1v) is 16.2. The first kappa shape index (κ1) is 31.0. The third-order valence-electron chi connectivity index (χ3n) is 9.45. The second-order valence-corrected chi connectivity index (χ2v) is 12.5. The molecule has 10 nitrogen and oxygen atoms in total. The minimum Gasteiger partial charge on any atom is -0.392 e. The number of anilines is 1. The number of amides is 1. The second-order valence-electron chi connectivity index (χ2n) is 12.5. The molecule has 1 amide bonds. The van der Waals surface area contributed by atoms with Crippen LogP contribution >= 0.6 is 0 Å². The molecule has 7 rings (SSSR count). The molecular formula is C37H39N5O5. The molecule has 10 heteroatoms. The molecule has 0 bridgehead atoms. The number of benzene rings is 3. The van der Waals surface area contributed by atoms with Crippen LogP contribution in [0.5, 0.6) is 0 Å². The fraction of sp³-hybridized carbons (Fsp3) is 0.324. The van der Waals surface area contributed by atoms with Gasteiger partial charge in [0.2, 0.25) is 0 Å². The third-order valence-corrected chi connectivity index (χ3v) is 9.45. The van der Waals surface area contributed by atoms with Gasteiger partial charge >= 0.3 is 5.69 Å². The first-order valence-electron chi connectivity index (χ1n) is 16.2. The lowest BCUT2D eigenvalue weighted by atomic mass is 9.89. The Morgan fingerprint density at radius 1 is 0.979 bits per heavy atom. The van der Waals surface area contributed by atoms with Gasteiger partial charge in [-0.3, -0.25) is 14.3 Å². The summed E-state index contributed by atoms with van der Waals surface area (Å²) in [6.07, 6.45) is 3.86. The van der Waals surface area contributed by atoms with Gasteiger partial charge in [-0.2, -0.15) is 0 Å². The molecule has 4 atom stereocenters. The van der Waals surface area contributed by atoms with E-state index in [0.717, 1.165) is 60.2 Å². The highest BCUT2D eigenvalue weighted by molar-refractivity contribution is 6.04. The van der Waals surface area contributed by atoms with Crippen LogP contribution in [0, 0.1) is 5.92 Å². The average molecular weight is 634 g/mol. The molecule has 2 aliphatic heterocycles. The fourth-order valence-corrected chi connectivity index (χ4v) is 6.84. The number of likely N-dealkylation sites (tertiary alicyclic amines) is 1. The van der Waals surface area contributed by atoms with Gasteiger partial charge in [-0.05, 0) is 60.4 Å². The molecule has 2 saturated heterocycles. The lowest BCUT2D eigenvalue weighted by Gasteiger charge is -2.44. The molecule has 2 aromatic heterocycles. The van der Waals surface area contributed by atoms with E-state index in [1.165, 1.54) is 6.20 Å². The van der Waals surface area contributed by atoms with Crippen molar-refractivity contribution >= 4 is 22.6 Å². The van der Waals surface area contributed by atoms with Crippen molar-refractivity contribution in [2.45, 2.75) is 50.9 Å². The van der Waals surface area contributed by atoms with Crippen LogP contribution in [0.1, 0.15) is 65.2 Å². The van der Waals surface area contributed by atoms with Crippen molar-refractivity contribution in [3.63, 3.8) is 0 Å². The van der Waals surface area contributed by atoms with E-state index in [4.69, 9.17) is 9.47 Å². The summed E-state index contributed by atoms with van der Waals surface area (Å²) in [6.45, 7) is 4.56. The van der Waals surface area contributed by atoms with Gasteiger partial charge in [0.15, 0.2) is 6.29 Å². The van der Waals surface area contributed by atoms with Gasteiger partial charge in [-0.25, -0.2) is 4.79 Å². The maximum absolute atomic E-state index is 12.8. The molecule has 5 aromatic rings. The molecule has 0 spiro atoms. The van der Waals surface area contributed by atoms with Crippen molar-refractivity contribution in [1.29, 1.82) is 0 Å². The summed E-state index contributed by atoms with van der Waals surface area (Å²) >= 11 is 0. The molecule has 2 aliphatic rings. The highest BCUT2D eigenvalue weighted by Crippen LogP contribution is 2.42. The van der Waals surface area contributed by atoms with Gasteiger partial charge in [0.25, 0.3) is 5.91 Å². The molecule has 0 aliphatic carbocycles. The predicted octanol–water partition coefficient (Wildman–Crippen LogP) is 5.60. The van der Waals surface area contributed by atoms with Crippen molar-refractivity contribution in [3.8, 4) is 0 Å². The number of hydrogen-bond donors (Lipinski definition) is 3. The number of piperidine rings is 1. The maximum atomic E-state index is 12.8. The molecule has 0 unspecified atom stereocenters. The van der Waals surface area contributed by atoms with Gasteiger partial charge < -0.3 is 29.8 Å². The van der Waals surface area contributed by atoms with Crippen LogP contribution in [0.3, 0.4) is 0 Å². The number of carbonyl (C=O) groups is 1. The smallest absolute Gasteiger partial charge is 0.326 e. The Bertz CT molecular complexity index is 1880. The normalized spacial score (nSPS) is 22.3. The number of nitrogens with one attached hydrogen (secondary N) is 2. The number of ether oxygens (including phenoxy) is 2. The summed E-state index contributed by atoms with van der Waals surface area (Å²) in [6, 6.07) is 26.9. The highest BCUT2D eigenvalue weighted by atomic mass is 16.7. The monoisotopic (exact) mass is 633 g/mol. The number of para-hydroxylation sites is 2. The number of aromatic amines is 1. The topological polar surface area (TPSA) is 122 Å². The Morgan fingerprint density at radius 3 is 2.55 bits per heavy atom. The molecule has 4 heterocycles. The number of imidazole rings is 1. The quantitative estimate of drug-likeness (QED) is 0.204. The van der Waals surface area contributed by atoms with Crippen LogP contribution < -0.4 is 11.0 Å². The highest BCUT2D eigenvalue weighted by Gasteiger charge is 2.39. The largest absolute Gasteiger partial charge is 0.392 e. The number of aliphatic hydroxyl groups is 1. The number of pyridine rings is 1. The summed E-state index contributed by atoms with van der Waals surface area (Å²) < 4.78 is 15.3. The number of rotatable bonds is 8. The van der Waals surface area contributed by atoms with Gasteiger partial charge in [-0.15, -0.1) is 0 Å². The number of aromatic nitrogens is 3. The summed E-state index contributed by atoms with van der Waals surface area (Å²) in [5.74, 6) is -0.207. The maximum Gasteiger partial charge on any atom is 0.326 e. The summed E-state index contributed by atoms with van der Waals surface area (Å²) in [4.78, 5) is 35.1. The zero-order chi connectivity index (χ0) is 32.3. The van der Waals surface area contributed by atoms with E-state index in [-0.39, 0.29) is 42.4 Å².